The summed E-state index contributed by atoms with van der Waals surface area (Å²) >= 11 is 1.44. The minimum absolute atomic E-state index is 0.207. The van der Waals surface area contributed by atoms with E-state index in [1.165, 1.54) is 17.6 Å². The van der Waals surface area contributed by atoms with E-state index in [1.807, 2.05) is 6.07 Å². The molecule has 7 nitrogen and oxygen atoms in total. The third-order valence-electron chi connectivity index (χ3n) is 2.81. The van der Waals surface area contributed by atoms with Gasteiger partial charge in [-0.05, 0) is 18.2 Å². The summed E-state index contributed by atoms with van der Waals surface area (Å²) in [7, 11) is -1.43. The van der Waals surface area contributed by atoms with Crippen molar-refractivity contribution in [3.63, 3.8) is 0 Å². The van der Waals surface area contributed by atoms with Crippen LogP contribution in [0.4, 0.5) is 0 Å². The van der Waals surface area contributed by atoms with Crippen LogP contribution in [0.5, 0.6) is 0 Å². The standard InChI is InChI=1S/C14H11N5O2S2/c1-23(21)19-13(20)11-4-2-3-10(18-11)12-8-15-14(22-12)9-5-6-16-17-7-9/h2-8H,1H3,(H,19,20). The summed E-state index contributed by atoms with van der Waals surface area (Å²) in [6.45, 7) is 0. The van der Waals surface area contributed by atoms with Gasteiger partial charge in [0.25, 0.3) is 5.91 Å². The fourth-order valence-electron chi connectivity index (χ4n) is 1.82. The molecular weight excluding hydrogens is 334 g/mol. The largest absolute Gasteiger partial charge is 0.281 e. The number of nitrogens with zero attached hydrogens (tertiary/aromatic N) is 4. The van der Waals surface area contributed by atoms with Gasteiger partial charge >= 0.3 is 0 Å². The smallest absolute Gasteiger partial charge is 0.270 e. The van der Waals surface area contributed by atoms with E-state index < -0.39 is 16.9 Å². The molecule has 1 amide bonds. The van der Waals surface area contributed by atoms with Crippen LogP contribution in [0.2, 0.25) is 0 Å². The van der Waals surface area contributed by atoms with Gasteiger partial charge in [0, 0.05) is 18.0 Å². The predicted octanol–water partition coefficient (Wildman–Crippen LogP) is 1.69. The molecule has 0 aromatic carbocycles. The van der Waals surface area contributed by atoms with Gasteiger partial charge in [0.05, 0.1) is 23.0 Å². The molecule has 1 unspecified atom stereocenters. The van der Waals surface area contributed by atoms with E-state index in [0.717, 1.165) is 15.4 Å². The molecule has 0 aliphatic carbocycles. The first-order chi connectivity index (χ1) is 11.1. The van der Waals surface area contributed by atoms with Crippen molar-refractivity contribution in [1.82, 2.24) is 24.9 Å². The lowest BCUT2D eigenvalue weighted by molar-refractivity contribution is 0.0978. The maximum atomic E-state index is 11.9. The average molecular weight is 345 g/mol. The third-order valence-corrected chi connectivity index (χ3v) is 4.35. The van der Waals surface area contributed by atoms with E-state index in [4.69, 9.17) is 0 Å². The average Bonchev–Trinajstić information content (AvgIpc) is 3.05. The topological polar surface area (TPSA) is 97.7 Å². The molecular formula is C14H11N5O2S2. The maximum absolute atomic E-state index is 11.9. The Morgan fingerprint density at radius 2 is 2.09 bits per heavy atom. The predicted molar refractivity (Wildman–Crippen MR) is 87.9 cm³/mol. The molecule has 3 aromatic rings. The van der Waals surface area contributed by atoms with E-state index >= 15 is 0 Å². The van der Waals surface area contributed by atoms with Gasteiger partial charge in [-0.3, -0.25) is 9.52 Å². The normalized spacial score (nSPS) is 11.9. The first kappa shape index (κ1) is 15.4. The van der Waals surface area contributed by atoms with Crippen molar-refractivity contribution in [3.05, 3.63) is 48.5 Å². The number of rotatable bonds is 4. The van der Waals surface area contributed by atoms with Crippen LogP contribution in [-0.4, -0.2) is 36.5 Å². The number of thiazole rings is 1. The van der Waals surface area contributed by atoms with Crippen LogP contribution >= 0.6 is 11.3 Å². The highest BCUT2D eigenvalue weighted by atomic mass is 32.2. The number of hydrogen-bond acceptors (Lipinski definition) is 7. The van der Waals surface area contributed by atoms with Crippen LogP contribution in [0.25, 0.3) is 21.1 Å². The summed E-state index contributed by atoms with van der Waals surface area (Å²) in [5.74, 6) is -0.476. The van der Waals surface area contributed by atoms with Crippen molar-refractivity contribution in [2.24, 2.45) is 0 Å². The minimum atomic E-state index is -1.43. The fraction of sp³-hybridized carbons (Fsp3) is 0.0714. The van der Waals surface area contributed by atoms with Crippen LogP contribution in [0.1, 0.15) is 10.5 Å². The molecule has 3 rings (SSSR count). The van der Waals surface area contributed by atoms with Gasteiger partial charge in [0.2, 0.25) is 0 Å². The van der Waals surface area contributed by atoms with E-state index in [9.17, 15) is 9.00 Å². The maximum Gasteiger partial charge on any atom is 0.281 e. The summed E-state index contributed by atoms with van der Waals surface area (Å²) in [5, 5.41) is 8.36. The van der Waals surface area contributed by atoms with Gasteiger partial charge < -0.3 is 0 Å². The Hall–Kier alpha value is -2.52. The van der Waals surface area contributed by atoms with E-state index in [-0.39, 0.29) is 5.69 Å². The molecule has 1 atom stereocenters. The number of amides is 1. The molecule has 0 fully saturated rings. The highest BCUT2D eigenvalue weighted by Gasteiger charge is 2.12. The fourth-order valence-corrected chi connectivity index (χ4v) is 3.07. The molecule has 0 bridgehead atoms. The van der Waals surface area contributed by atoms with Crippen LogP contribution in [0.15, 0.2) is 42.9 Å². The monoisotopic (exact) mass is 345 g/mol. The van der Waals surface area contributed by atoms with Gasteiger partial charge in [-0.2, -0.15) is 10.2 Å². The lowest BCUT2D eigenvalue weighted by atomic mass is 10.3. The third kappa shape index (κ3) is 3.63. The Balaban J connectivity index is 1.89. The Bertz CT molecular complexity index is 866. The molecule has 9 heteroatoms. The zero-order chi connectivity index (χ0) is 16.2. The molecule has 1 N–H and O–H groups in total. The number of carbonyl (C=O) groups excluding carboxylic acids is 1. The quantitative estimate of drug-likeness (QED) is 0.773. The minimum Gasteiger partial charge on any atom is -0.270 e. The lowest BCUT2D eigenvalue weighted by Gasteiger charge is -2.02. The molecule has 23 heavy (non-hydrogen) atoms. The molecule has 0 saturated heterocycles. The Morgan fingerprint density at radius 1 is 1.22 bits per heavy atom. The Kier molecular flexibility index (Phi) is 4.49. The second kappa shape index (κ2) is 6.71. The second-order valence-electron chi connectivity index (χ2n) is 4.45. The van der Waals surface area contributed by atoms with Crippen molar-refractivity contribution in [2.45, 2.75) is 0 Å². The van der Waals surface area contributed by atoms with Crippen LogP contribution < -0.4 is 4.72 Å². The molecule has 3 aromatic heterocycles. The Labute approximate surface area is 138 Å². The lowest BCUT2D eigenvalue weighted by Crippen LogP contribution is -2.25. The Morgan fingerprint density at radius 3 is 2.83 bits per heavy atom. The highest BCUT2D eigenvalue weighted by Crippen LogP contribution is 2.30. The molecule has 0 radical (unpaired) electrons. The van der Waals surface area contributed by atoms with Crippen molar-refractivity contribution in [1.29, 1.82) is 0 Å². The number of carbonyl (C=O) groups is 1. The first-order valence-corrected chi connectivity index (χ1v) is 8.85. The molecule has 0 spiro atoms. The SMILES string of the molecule is CS(=O)NC(=O)c1cccc(-c2cnc(-c3ccnnc3)s2)n1. The number of aromatic nitrogens is 4. The van der Waals surface area contributed by atoms with Crippen molar-refractivity contribution < 1.29 is 9.00 Å². The van der Waals surface area contributed by atoms with Crippen LogP contribution in [-0.2, 0) is 11.0 Å². The summed E-state index contributed by atoms with van der Waals surface area (Å²) in [5.41, 5.74) is 1.70. The van der Waals surface area contributed by atoms with Gasteiger partial charge in [0.15, 0.2) is 0 Å². The van der Waals surface area contributed by atoms with Gasteiger partial charge in [-0.1, -0.05) is 6.07 Å². The van der Waals surface area contributed by atoms with Gasteiger partial charge in [-0.15, -0.1) is 11.3 Å². The highest BCUT2D eigenvalue weighted by molar-refractivity contribution is 7.82. The van der Waals surface area contributed by atoms with E-state index in [2.05, 4.69) is 24.9 Å². The van der Waals surface area contributed by atoms with Crippen molar-refractivity contribution >= 4 is 28.2 Å². The number of hydrogen-bond donors (Lipinski definition) is 1. The molecule has 0 aliphatic rings. The summed E-state index contributed by atoms with van der Waals surface area (Å²) in [6.07, 6.45) is 6.32. The second-order valence-corrected chi connectivity index (χ2v) is 6.60. The van der Waals surface area contributed by atoms with Gasteiger partial charge in [0.1, 0.15) is 21.7 Å². The van der Waals surface area contributed by atoms with Gasteiger partial charge in [-0.25, -0.2) is 14.2 Å². The molecule has 3 heterocycles. The van der Waals surface area contributed by atoms with Crippen molar-refractivity contribution in [2.75, 3.05) is 6.26 Å². The summed E-state index contributed by atoms with van der Waals surface area (Å²) < 4.78 is 13.4. The first-order valence-electron chi connectivity index (χ1n) is 6.48. The zero-order valence-electron chi connectivity index (χ0n) is 12.0. The van der Waals surface area contributed by atoms with Crippen molar-refractivity contribution in [3.8, 4) is 21.1 Å². The number of pyridine rings is 1. The summed E-state index contributed by atoms with van der Waals surface area (Å²) in [4.78, 5) is 21.3. The van der Waals surface area contributed by atoms with Crippen LogP contribution in [0, 0.1) is 0 Å². The molecule has 0 saturated carbocycles. The number of nitrogens with one attached hydrogen (secondary N) is 1. The molecule has 116 valence electrons. The zero-order valence-corrected chi connectivity index (χ0v) is 13.6. The summed E-state index contributed by atoms with van der Waals surface area (Å²) in [6, 6.07) is 6.91. The van der Waals surface area contributed by atoms with E-state index in [1.54, 1.807) is 36.8 Å². The molecule has 0 aliphatic heterocycles. The van der Waals surface area contributed by atoms with E-state index in [0.29, 0.717) is 5.69 Å². The van der Waals surface area contributed by atoms with Crippen LogP contribution in [0.3, 0.4) is 0 Å².